The minimum Gasteiger partial charge on any atom is -0.444 e. The van der Waals surface area contributed by atoms with Gasteiger partial charge in [-0.05, 0) is 81.7 Å². The van der Waals surface area contributed by atoms with Gasteiger partial charge in [-0.15, -0.1) is 0 Å². The number of benzene rings is 4. The molecule has 10 rings (SSSR count). The number of carbonyl (C=O) groups excluding carboxylic acids is 3. The summed E-state index contributed by atoms with van der Waals surface area (Å²) < 4.78 is 46.3. The van der Waals surface area contributed by atoms with Gasteiger partial charge in [0.05, 0.1) is 43.1 Å². The lowest BCUT2D eigenvalue weighted by Gasteiger charge is -2.42. The summed E-state index contributed by atoms with van der Waals surface area (Å²) in [5.74, 6) is 0.692. The highest BCUT2D eigenvalue weighted by Crippen LogP contribution is 2.44. The highest BCUT2D eigenvalue weighted by molar-refractivity contribution is 5.93. The van der Waals surface area contributed by atoms with Crippen molar-refractivity contribution in [3.63, 3.8) is 0 Å². The first kappa shape index (κ1) is 63.3. The van der Waals surface area contributed by atoms with E-state index in [9.17, 15) is 14.4 Å². The van der Waals surface area contributed by atoms with Gasteiger partial charge in [0.25, 0.3) is 11.8 Å². The molecule has 2 fully saturated rings. The van der Waals surface area contributed by atoms with Crippen molar-refractivity contribution in [2.75, 3.05) is 39.3 Å². The molecule has 0 bridgehead atoms. The molecule has 1 N–H and O–H groups in total. The zero-order valence-electron chi connectivity index (χ0n) is 52.9. The Kier molecular flexibility index (Phi) is 18.6. The van der Waals surface area contributed by atoms with Gasteiger partial charge in [-0.3, -0.25) is 19.0 Å². The summed E-state index contributed by atoms with van der Waals surface area (Å²) in [6.45, 7) is 23.1. The Bertz CT molecular complexity index is 3590. The van der Waals surface area contributed by atoms with Gasteiger partial charge in [0.1, 0.15) is 28.6 Å². The van der Waals surface area contributed by atoms with E-state index >= 15 is 8.78 Å². The molecule has 8 aromatic rings. The Hall–Kier alpha value is -8.25. The molecule has 3 amide bonds. The van der Waals surface area contributed by atoms with Crippen LogP contribution in [0.25, 0.3) is 22.5 Å². The highest BCUT2D eigenvalue weighted by atomic mass is 19.1. The number of aryl methyl sites for hydroxylation is 4. The minimum absolute atomic E-state index is 0.0464. The average molecular weight is 1190 g/mol. The van der Waals surface area contributed by atoms with Crippen molar-refractivity contribution < 1.29 is 27.9 Å². The lowest BCUT2D eigenvalue weighted by atomic mass is 9.83. The second-order valence-corrected chi connectivity index (χ2v) is 26.8. The van der Waals surface area contributed by atoms with Crippen LogP contribution in [0.5, 0.6) is 0 Å². The van der Waals surface area contributed by atoms with Crippen molar-refractivity contribution in [3.8, 4) is 22.5 Å². The molecule has 0 saturated carbocycles. The molecule has 2 aliphatic rings. The van der Waals surface area contributed by atoms with Crippen molar-refractivity contribution in [2.24, 2.45) is 24.9 Å². The number of rotatable bonds is 16. The van der Waals surface area contributed by atoms with E-state index in [0.717, 1.165) is 50.9 Å². The first-order chi connectivity index (χ1) is 41.1. The molecule has 460 valence electrons. The van der Waals surface area contributed by atoms with Crippen LogP contribution in [0, 0.1) is 24.7 Å². The Morgan fingerprint density at radius 3 is 1.36 bits per heavy atom. The van der Waals surface area contributed by atoms with Crippen molar-refractivity contribution in [1.82, 2.24) is 58.7 Å². The summed E-state index contributed by atoms with van der Waals surface area (Å²) in [5, 5.41) is 12.1. The van der Waals surface area contributed by atoms with Crippen molar-refractivity contribution in [2.45, 2.75) is 131 Å². The fourth-order valence-corrected chi connectivity index (χ4v) is 11.7. The summed E-state index contributed by atoms with van der Waals surface area (Å²) in [5.41, 5.74) is 2.76. The van der Waals surface area contributed by atoms with Crippen LogP contribution < -0.4 is 5.32 Å². The third-order valence-electron chi connectivity index (χ3n) is 16.1. The maximum atomic E-state index is 17.1. The molecule has 16 nitrogen and oxygen atoms in total. The quantitative estimate of drug-likeness (QED) is 0.0996. The van der Waals surface area contributed by atoms with Gasteiger partial charge in [-0.1, -0.05) is 163 Å². The molecule has 4 aromatic heterocycles. The van der Waals surface area contributed by atoms with Crippen LogP contribution in [0.1, 0.15) is 142 Å². The number of ether oxygens (including phenoxy) is 1. The predicted octanol–water partition coefficient (Wildman–Crippen LogP) is 12.8. The Morgan fingerprint density at radius 1 is 0.598 bits per heavy atom. The minimum atomic E-state index is -1.88. The third kappa shape index (κ3) is 15.3. The van der Waals surface area contributed by atoms with E-state index in [2.05, 4.69) is 69.7 Å². The molecule has 0 radical (unpaired) electrons. The predicted molar refractivity (Wildman–Crippen MR) is 336 cm³/mol. The van der Waals surface area contributed by atoms with Gasteiger partial charge in [0.2, 0.25) is 0 Å². The van der Waals surface area contributed by atoms with E-state index in [1.165, 1.54) is 4.90 Å². The first-order valence-electron chi connectivity index (χ1n) is 30.1. The summed E-state index contributed by atoms with van der Waals surface area (Å²) in [4.78, 5) is 56.8. The van der Waals surface area contributed by atoms with Gasteiger partial charge in [-0.2, -0.15) is 10.2 Å². The number of hydrogen-bond donors (Lipinski definition) is 1. The largest absolute Gasteiger partial charge is 0.444 e. The number of likely N-dealkylation sites (tertiary alicyclic amines) is 1. The molecule has 0 aliphatic carbocycles. The van der Waals surface area contributed by atoms with Crippen LogP contribution in [0.2, 0.25) is 0 Å². The number of imidazole rings is 2. The molecule has 4 aromatic carbocycles. The Balaban J connectivity index is 0.000000210. The Morgan fingerprint density at radius 2 is 1.00 bits per heavy atom. The number of halogens is 2. The van der Waals surface area contributed by atoms with E-state index in [4.69, 9.17) is 14.7 Å². The lowest BCUT2D eigenvalue weighted by Crippen LogP contribution is -2.50. The third-order valence-corrected chi connectivity index (χ3v) is 16.1. The molecular formula is C69H86F2N12O4. The second-order valence-electron chi connectivity index (χ2n) is 26.8. The number of amides is 3. The number of aromatic nitrogens is 8. The number of alkyl halides is 2. The molecule has 4 atom stereocenters. The van der Waals surface area contributed by atoms with E-state index < -0.39 is 51.9 Å². The van der Waals surface area contributed by atoms with E-state index in [-0.39, 0.29) is 50.7 Å². The summed E-state index contributed by atoms with van der Waals surface area (Å²) in [6, 6.07) is 42.5. The smallest absolute Gasteiger partial charge is 0.410 e. The number of nitrogens with one attached hydrogen (secondary N) is 1. The first-order valence-corrected chi connectivity index (χ1v) is 30.1. The maximum absolute atomic E-state index is 17.1. The van der Waals surface area contributed by atoms with Crippen molar-refractivity contribution >= 4 is 17.9 Å². The monoisotopic (exact) mass is 1180 g/mol. The molecule has 2 saturated heterocycles. The zero-order valence-corrected chi connectivity index (χ0v) is 52.9. The van der Waals surface area contributed by atoms with E-state index in [1.807, 2.05) is 151 Å². The van der Waals surface area contributed by atoms with E-state index in [0.29, 0.717) is 37.6 Å². The van der Waals surface area contributed by atoms with E-state index in [1.54, 1.807) is 59.1 Å². The number of carbonyl (C=O) groups is 3. The van der Waals surface area contributed by atoms with Crippen molar-refractivity contribution in [3.05, 3.63) is 191 Å². The number of nitrogens with zero attached hydrogens (tertiary/aromatic N) is 11. The zero-order chi connectivity index (χ0) is 62.6. The molecule has 0 unspecified atom stereocenters. The van der Waals surface area contributed by atoms with Crippen LogP contribution in [-0.4, -0.2) is 127 Å². The molecule has 6 heterocycles. The summed E-state index contributed by atoms with van der Waals surface area (Å²) in [7, 11) is 3.59. The normalized spacial score (nSPS) is 17.8. The Labute approximate surface area is 511 Å². The number of hydrogen-bond acceptors (Lipinski definition) is 9. The standard InChI is InChI=1S/C37H47FN6O3.C32H39FN6O/c1-26-21-29(40-41(26)8)33(45)44(25-37(38)19-20-42(24-37)34(46)47-36(5,6)7)31(35(2,3)4)32-39-30(28-17-13-10-14-18-28)23-43(32)22-27-15-11-9-12-16-27;1-23-18-26(36-37(23)5)30(40)39(22-32(33)16-17-34-21-32)28(31(2,3)4)29-35-27(25-14-10-7-11-15-25)20-38(29)19-24-12-8-6-9-13-24/h9-18,21,23,31H,19-20,22,24-25H2,1-8H3;6-15,18,20,28,34H,16-17,19,21-22H2,1-5H3/t31-,37-;28-,32-/m00/s1. The van der Waals surface area contributed by atoms with Gasteiger partial charge < -0.3 is 33.9 Å². The molecule has 2 aliphatic heterocycles. The van der Waals surface area contributed by atoms with Crippen LogP contribution >= 0.6 is 0 Å². The fraction of sp³-hybridized carbons (Fsp3) is 0.435. The fourth-order valence-electron chi connectivity index (χ4n) is 11.7. The molecular weight excluding hydrogens is 1100 g/mol. The average Bonchev–Trinajstić information content (AvgIpc) is 1.83. The lowest BCUT2D eigenvalue weighted by molar-refractivity contribution is 0.0132. The SMILES string of the molecule is Cc1cc(C(=O)N(C[C@]2(F)CCN(C(=O)OC(C)(C)C)C2)[C@@H](c2nc(-c3ccccc3)cn2Cc2ccccc2)C(C)(C)C)nn1C.Cc1cc(C(=O)N(C[C@]2(F)CCNC2)[C@@H](c2nc(-c3ccccc3)cn2Cc2ccccc2)C(C)(C)C)nn1C. The molecule has 87 heavy (non-hydrogen) atoms. The summed E-state index contributed by atoms with van der Waals surface area (Å²) in [6.07, 6.45) is 3.92. The second kappa shape index (κ2) is 25.6. The molecule has 18 heteroatoms. The molecule has 0 spiro atoms. The van der Waals surface area contributed by atoms with Crippen LogP contribution in [0.3, 0.4) is 0 Å². The van der Waals surface area contributed by atoms with Crippen molar-refractivity contribution in [1.29, 1.82) is 0 Å². The summed E-state index contributed by atoms with van der Waals surface area (Å²) >= 11 is 0. The maximum Gasteiger partial charge on any atom is 0.410 e. The van der Waals surface area contributed by atoms with Gasteiger partial charge in [-0.25, -0.2) is 23.5 Å². The van der Waals surface area contributed by atoms with Crippen LogP contribution in [0.15, 0.2) is 146 Å². The van der Waals surface area contributed by atoms with Gasteiger partial charge in [0.15, 0.2) is 11.4 Å². The highest BCUT2D eigenvalue weighted by Gasteiger charge is 2.49. The van der Waals surface area contributed by atoms with Crippen LogP contribution in [-0.2, 0) is 31.9 Å². The van der Waals surface area contributed by atoms with Gasteiger partial charge >= 0.3 is 6.09 Å². The topological polar surface area (TPSA) is 153 Å². The van der Waals surface area contributed by atoms with Gasteiger partial charge in [0, 0.05) is 81.6 Å². The van der Waals surface area contributed by atoms with Crippen LogP contribution in [0.4, 0.5) is 13.6 Å².